The zero-order valence-electron chi connectivity index (χ0n) is 14.8. The van der Waals surface area contributed by atoms with Gasteiger partial charge in [-0.05, 0) is 28.7 Å². The summed E-state index contributed by atoms with van der Waals surface area (Å²) in [5.41, 5.74) is 7.18. The number of hydrogen-bond acceptors (Lipinski definition) is 0. The fourth-order valence-electron chi connectivity index (χ4n) is 3.72. The fourth-order valence-corrected chi connectivity index (χ4v) is 3.72. The molecule has 0 saturated heterocycles. The summed E-state index contributed by atoms with van der Waals surface area (Å²) in [5.74, 6) is 0.810. The highest BCUT2D eigenvalue weighted by atomic mass is 14.3. The van der Waals surface area contributed by atoms with E-state index in [-0.39, 0.29) is 7.43 Å². The van der Waals surface area contributed by atoms with Crippen molar-refractivity contribution in [1.29, 1.82) is 0 Å². The molecule has 2 unspecified atom stereocenters. The maximum Gasteiger partial charge on any atom is 0.0342 e. The first-order chi connectivity index (χ1) is 11.3. The van der Waals surface area contributed by atoms with Gasteiger partial charge in [-0.25, -0.2) is 0 Å². The minimum atomic E-state index is 0. The maximum absolute atomic E-state index is 4.11. The van der Waals surface area contributed by atoms with Crippen LogP contribution >= 0.6 is 0 Å². The highest BCUT2D eigenvalue weighted by molar-refractivity contribution is 5.56. The number of allylic oxidation sites excluding steroid dienone is 3. The van der Waals surface area contributed by atoms with Crippen molar-refractivity contribution in [3.63, 3.8) is 0 Å². The molecule has 1 aliphatic carbocycles. The van der Waals surface area contributed by atoms with Gasteiger partial charge in [-0.1, -0.05) is 108 Å². The van der Waals surface area contributed by atoms with E-state index in [1.165, 1.54) is 27.8 Å². The molecule has 0 amide bonds. The highest BCUT2D eigenvalue weighted by Gasteiger charge is 2.30. The quantitative estimate of drug-likeness (QED) is 0.549. The van der Waals surface area contributed by atoms with Crippen molar-refractivity contribution < 1.29 is 0 Å². The van der Waals surface area contributed by atoms with E-state index in [0.29, 0.717) is 11.8 Å². The van der Waals surface area contributed by atoms with E-state index in [2.05, 4.69) is 81.1 Å². The lowest BCUT2D eigenvalue weighted by atomic mass is 9.70. The van der Waals surface area contributed by atoms with E-state index in [1.54, 1.807) is 0 Å². The second kappa shape index (κ2) is 9.27. The molecule has 2 atom stereocenters. The van der Waals surface area contributed by atoms with Crippen LogP contribution < -0.4 is 0 Å². The molecule has 0 fully saturated rings. The Morgan fingerprint density at radius 1 is 0.917 bits per heavy atom. The lowest BCUT2D eigenvalue weighted by Crippen LogP contribution is -2.17. The lowest BCUT2D eigenvalue weighted by Gasteiger charge is -2.34. The molecule has 0 bridgehead atoms. The molecule has 2 aromatic rings. The van der Waals surface area contributed by atoms with Crippen LogP contribution in [0.15, 0.2) is 78.4 Å². The zero-order valence-corrected chi connectivity index (χ0v) is 14.8. The average Bonchev–Trinajstić information content (AvgIpc) is 2.64. The molecule has 0 aliphatic heterocycles. The third-order valence-corrected chi connectivity index (χ3v) is 4.71. The molecule has 0 heterocycles. The van der Waals surface area contributed by atoms with E-state index in [0.717, 1.165) is 6.42 Å². The fraction of sp³-hybridized carbons (Fsp3) is 0.333. The van der Waals surface area contributed by atoms with Crippen molar-refractivity contribution in [1.82, 2.24) is 0 Å². The summed E-state index contributed by atoms with van der Waals surface area (Å²) in [6.07, 6.45) is 3.16. The molecular formula is C24H32. The van der Waals surface area contributed by atoms with Crippen LogP contribution in [0.5, 0.6) is 0 Å². The van der Waals surface area contributed by atoms with Gasteiger partial charge < -0.3 is 0 Å². The molecule has 0 N–H and O–H groups in total. The van der Waals surface area contributed by atoms with Crippen molar-refractivity contribution >= 4 is 0 Å². The smallest absolute Gasteiger partial charge is 0.0342 e. The molecular weight excluding hydrogens is 288 g/mol. The Kier molecular flexibility index (Phi) is 7.71. The van der Waals surface area contributed by atoms with Crippen molar-refractivity contribution in [3.05, 3.63) is 95.1 Å². The number of fused-ring (bicyclic) bond motifs is 1. The summed E-state index contributed by atoms with van der Waals surface area (Å²) < 4.78 is 0. The van der Waals surface area contributed by atoms with Gasteiger partial charge in [0.25, 0.3) is 0 Å². The predicted molar refractivity (Wildman–Crippen MR) is 109 cm³/mol. The number of hydrogen-bond donors (Lipinski definition) is 0. The van der Waals surface area contributed by atoms with Crippen LogP contribution in [0.25, 0.3) is 0 Å². The highest BCUT2D eigenvalue weighted by Crippen LogP contribution is 2.46. The van der Waals surface area contributed by atoms with Crippen LogP contribution in [-0.4, -0.2) is 0 Å². The van der Waals surface area contributed by atoms with Gasteiger partial charge in [-0.3, -0.25) is 0 Å². The third kappa shape index (κ3) is 3.53. The van der Waals surface area contributed by atoms with Gasteiger partial charge in [-0.2, -0.15) is 0 Å². The maximum atomic E-state index is 4.11. The van der Waals surface area contributed by atoms with E-state index in [1.807, 2.05) is 13.8 Å². The van der Waals surface area contributed by atoms with Crippen molar-refractivity contribution in [2.75, 3.05) is 0 Å². The number of benzene rings is 2. The van der Waals surface area contributed by atoms with Crippen molar-refractivity contribution in [3.8, 4) is 0 Å². The Balaban J connectivity index is 0.000000925. The standard InChI is InChI=1S/C21H22.C2H6.CH4/c1-4-17-15(3)19-13-9-10-14-20(19)21(18(17)5-2)16-11-7-6-8-12-16;1-2;/h5-15,21H,2,4H2,1,3H3;1-2H3;1H4. The Hall–Kier alpha value is -2.08. The molecule has 128 valence electrons. The summed E-state index contributed by atoms with van der Waals surface area (Å²) >= 11 is 0. The summed E-state index contributed by atoms with van der Waals surface area (Å²) in [5, 5.41) is 0. The van der Waals surface area contributed by atoms with Gasteiger partial charge in [0, 0.05) is 11.8 Å². The van der Waals surface area contributed by atoms with Gasteiger partial charge in [0.05, 0.1) is 0 Å². The molecule has 0 radical (unpaired) electrons. The van der Waals surface area contributed by atoms with E-state index < -0.39 is 0 Å². The first-order valence-corrected chi connectivity index (χ1v) is 8.77. The Bertz CT molecular complexity index is 676. The minimum absolute atomic E-state index is 0. The SMILES string of the molecule is C.C=CC1=C(CC)C(C)c2ccccc2C1c1ccccc1.CC. The zero-order chi connectivity index (χ0) is 16.8. The summed E-state index contributed by atoms with van der Waals surface area (Å²) in [7, 11) is 0. The molecule has 1 aliphatic rings. The van der Waals surface area contributed by atoms with Gasteiger partial charge in [-0.15, -0.1) is 0 Å². The monoisotopic (exact) mass is 320 g/mol. The molecule has 3 rings (SSSR count). The minimum Gasteiger partial charge on any atom is -0.0988 e. The Morgan fingerprint density at radius 3 is 2.00 bits per heavy atom. The normalized spacial score (nSPS) is 18.7. The largest absolute Gasteiger partial charge is 0.0988 e. The molecule has 2 aromatic carbocycles. The Labute approximate surface area is 148 Å². The van der Waals surface area contributed by atoms with Gasteiger partial charge in [0.1, 0.15) is 0 Å². The van der Waals surface area contributed by atoms with E-state index >= 15 is 0 Å². The predicted octanol–water partition coefficient (Wildman–Crippen LogP) is 7.49. The molecule has 0 saturated carbocycles. The van der Waals surface area contributed by atoms with Gasteiger partial charge >= 0.3 is 0 Å². The van der Waals surface area contributed by atoms with Crippen molar-refractivity contribution in [2.24, 2.45) is 0 Å². The first-order valence-electron chi connectivity index (χ1n) is 8.77. The second-order valence-corrected chi connectivity index (χ2v) is 5.73. The first kappa shape index (κ1) is 20.0. The summed E-state index contributed by atoms with van der Waals surface area (Å²) in [4.78, 5) is 0. The van der Waals surface area contributed by atoms with Crippen LogP contribution in [0.2, 0.25) is 0 Å². The second-order valence-electron chi connectivity index (χ2n) is 5.73. The summed E-state index contributed by atoms with van der Waals surface area (Å²) in [6.45, 7) is 12.7. The van der Waals surface area contributed by atoms with Crippen LogP contribution in [0, 0.1) is 0 Å². The van der Waals surface area contributed by atoms with E-state index in [9.17, 15) is 0 Å². The molecule has 0 heteroatoms. The van der Waals surface area contributed by atoms with Gasteiger partial charge in [0.2, 0.25) is 0 Å². The van der Waals surface area contributed by atoms with E-state index in [4.69, 9.17) is 0 Å². The lowest BCUT2D eigenvalue weighted by molar-refractivity contribution is 0.746. The van der Waals surface area contributed by atoms with Crippen LogP contribution in [0.3, 0.4) is 0 Å². The van der Waals surface area contributed by atoms with Crippen molar-refractivity contribution in [2.45, 2.75) is 53.4 Å². The van der Waals surface area contributed by atoms with Crippen LogP contribution in [0.1, 0.15) is 70.1 Å². The molecule has 0 aromatic heterocycles. The van der Waals surface area contributed by atoms with Crippen LogP contribution in [-0.2, 0) is 0 Å². The third-order valence-electron chi connectivity index (χ3n) is 4.71. The Morgan fingerprint density at radius 2 is 1.46 bits per heavy atom. The summed E-state index contributed by atoms with van der Waals surface area (Å²) in [6, 6.07) is 19.7. The molecule has 0 nitrogen and oxygen atoms in total. The number of rotatable bonds is 3. The van der Waals surface area contributed by atoms with Gasteiger partial charge in [0.15, 0.2) is 0 Å². The topological polar surface area (TPSA) is 0 Å². The molecule has 0 spiro atoms. The average molecular weight is 321 g/mol. The molecule has 24 heavy (non-hydrogen) atoms. The van der Waals surface area contributed by atoms with Crippen LogP contribution in [0.4, 0.5) is 0 Å².